The second-order valence-corrected chi connectivity index (χ2v) is 6.64. The Bertz CT molecular complexity index is 1090. The Labute approximate surface area is 170 Å². The largest absolute Gasteiger partial charge is 1.00 e. The van der Waals surface area contributed by atoms with Crippen LogP contribution >= 0.6 is 0 Å². The van der Waals surface area contributed by atoms with Gasteiger partial charge in [-0.05, 0) is 18.2 Å². The molecule has 0 spiro atoms. The van der Waals surface area contributed by atoms with Gasteiger partial charge in [-0.15, -0.1) is 0 Å². The molecule has 1 amide bonds. The first-order chi connectivity index (χ1) is 11.7. The molecule has 1 N–H and O–H groups in total. The van der Waals surface area contributed by atoms with E-state index >= 15 is 0 Å². The molecular formula is C17H15N4NaO4. The van der Waals surface area contributed by atoms with Crippen LogP contribution in [0.15, 0.2) is 35.5 Å². The molecule has 0 aliphatic carbocycles. The molecule has 0 saturated heterocycles. The maximum Gasteiger partial charge on any atom is 1.00 e. The number of benzene rings is 1. The van der Waals surface area contributed by atoms with E-state index in [-0.39, 0.29) is 41.1 Å². The van der Waals surface area contributed by atoms with Crippen molar-refractivity contribution in [2.24, 2.45) is 5.41 Å². The Morgan fingerprint density at radius 1 is 1.19 bits per heavy atom. The fourth-order valence-electron chi connectivity index (χ4n) is 2.26. The summed E-state index contributed by atoms with van der Waals surface area (Å²) in [7, 11) is 0. The number of carboxylic acids is 1. The minimum absolute atomic E-state index is 0. The van der Waals surface area contributed by atoms with Gasteiger partial charge in [0.2, 0.25) is 5.91 Å². The Morgan fingerprint density at radius 3 is 2.50 bits per heavy atom. The number of carbonyl (C=O) groups excluding carboxylic acids is 2. The molecule has 26 heavy (non-hydrogen) atoms. The first-order valence-corrected chi connectivity index (χ1v) is 7.51. The topological polar surface area (TPSA) is 116 Å². The minimum Gasteiger partial charge on any atom is -0.545 e. The van der Waals surface area contributed by atoms with E-state index in [0.717, 1.165) is 10.6 Å². The van der Waals surface area contributed by atoms with Crippen molar-refractivity contribution in [3.8, 4) is 0 Å². The van der Waals surface area contributed by atoms with Crippen molar-refractivity contribution in [2.75, 3.05) is 5.32 Å². The van der Waals surface area contributed by atoms with Crippen LogP contribution in [0.1, 0.15) is 31.1 Å². The normalized spacial score (nSPS) is 11.2. The molecule has 2 heterocycles. The van der Waals surface area contributed by atoms with Gasteiger partial charge in [0.15, 0.2) is 0 Å². The zero-order valence-electron chi connectivity index (χ0n) is 14.9. The average molecular weight is 362 g/mol. The number of hydrogen-bond donors (Lipinski definition) is 1. The summed E-state index contributed by atoms with van der Waals surface area (Å²) < 4.78 is 1.04. The quantitative estimate of drug-likeness (QED) is 0.401. The first-order valence-electron chi connectivity index (χ1n) is 7.51. The van der Waals surface area contributed by atoms with Crippen LogP contribution in [0.25, 0.3) is 16.6 Å². The number of carboxylic acid groups (broad SMARTS) is 1. The van der Waals surface area contributed by atoms with E-state index in [1.165, 1.54) is 6.33 Å². The van der Waals surface area contributed by atoms with Crippen molar-refractivity contribution >= 4 is 34.1 Å². The van der Waals surface area contributed by atoms with Gasteiger partial charge in [0, 0.05) is 22.7 Å². The summed E-state index contributed by atoms with van der Waals surface area (Å²) in [5.41, 5.74) is -0.557. The molecule has 2 aromatic heterocycles. The van der Waals surface area contributed by atoms with Crippen LogP contribution in [0.3, 0.4) is 0 Å². The average Bonchev–Trinajstić information content (AvgIpc) is 2.53. The fraction of sp³-hybridized carbons (Fsp3) is 0.235. The van der Waals surface area contributed by atoms with Crippen LogP contribution in [0.5, 0.6) is 0 Å². The number of amides is 1. The molecule has 0 radical (unpaired) electrons. The number of aromatic nitrogens is 3. The standard InChI is InChI=1S/C17H16N4O4.Na/c1-17(2,3)16(25)20-9-4-5-12-10(6-9)13-18-7-11(15(23)24)14(22)21(13)8-19-12;/h4-8H,1-3H3,(H,20,25)(H,23,24);/q;+1/p-1. The van der Waals surface area contributed by atoms with Gasteiger partial charge in [-0.2, -0.15) is 0 Å². The number of hydrogen-bond acceptors (Lipinski definition) is 6. The monoisotopic (exact) mass is 362 g/mol. The molecule has 0 aliphatic heterocycles. The fourth-order valence-corrected chi connectivity index (χ4v) is 2.26. The predicted octanol–water partition coefficient (Wildman–Crippen LogP) is -2.41. The molecular weight excluding hydrogens is 347 g/mol. The Kier molecular flexibility index (Phi) is 5.50. The van der Waals surface area contributed by atoms with Gasteiger partial charge in [0.1, 0.15) is 12.0 Å². The summed E-state index contributed by atoms with van der Waals surface area (Å²) in [6.07, 6.45) is 2.18. The molecule has 128 valence electrons. The van der Waals surface area contributed by atoms with E-state index in [9.17, 15) is 19.5 Å². The Hall–Kier alpha value is -2.29. The number of rotatable bonds is 2. The summed E-state index contributed by atoms with van der Waals surface area (Å²) in [6.45, 7) is 5.38. The third-order valence-electron chi connectivity index (χ3n) is 3.70. The van der Waals surface area contributed by atoms with Gasteiger partial charge in [-0.3, -0.25) is 9.59 Å². The third-order valence-corrected chi connectivity index (χ3v) is 3.70. The van der Waals surface area contributed by atoms with Crippen LogP contribution in [-0.2, 0) is 4.79 Å². The zero-order chi connectivity index (χ0) is 18.4. The minimum atomic E-state index is -1.60. The van der Waals surface area contributed by atoms with E-state index in [4.69, 9.17) is 0 Å². The van der Waals surface area contributed by atoms with Gasteiger partial charge in [0.05, 0.1) is 17.0 Å². The van der Waals surface area contributed by atoms with Crippen molar-refractivity contribution in [3.63, 3.8) is 0 Å². The van der Waals surface area contributed by atoms with Crippen LogP contribution in [-0.4, -0.2) is 26.2 Å². The SMILES string of the molecule is CC(C)(C)C(=O)Nc1ccc2ncn3c(=O)c(C(=O)[O-])cnc3c2c1.[Na+]. The van der Waals surface area contributed by atoms with Crippen LogP contribution < -0.4 is 45.5 Å². The Balaban J connectivity index is 0.00000243. The number of anilines is 1. The maximum absolute atomic E-state index is 12.2. The first kappa shape index (κ1) is 20.0. The molecule has 1 aromatic carbocycles. The number of carbonyl (C=O) groups is 2. The summed E-state index contributed by atoms with van der Waals surface area (Å²) in [5, 5.41) is 14.3. The third kappa shape index (κ3) is 3.62. The second kappa shape index (κ2) is 7.14. The van der Waals surface area contributed by atoms with Gasteiger partial charge in [-0.1, -0.05) is 20.8 Å². The number of aromatic carboxylic acids is 1. The van der Waals surface area contributed by atoms with E-state index in [2.05, 4.69) is 15.3 Å². The van der Waals surface area contributed by atoms with E-state index in [1.807, 2.05) is 0 Å². The van der Waals surface area contributed by atoms with E-state index in [1.54, 1.807) is 39.0 Å². The van der Waals surface area contributed by atoms with E-state index < -0.39 is 22.5 Å². The maximum atomic E-state index is 12.2. The van der Waals surface area contributed by atoms with Crippen LogP contribution in [0, 0.1) is 5.41 Å². The summed E-state index contributed by atoms with van der Waals surface area (Å²) >= 11 is 0. The molecule has 3 rings (SSSR count). The molecule has 0 fully saturated rings. The van der Waals surface area contributed by atoms with E-state index in [0.29, 0.717) is 16.6 Å². The molecule has 0 unspecified atom stereocenters. The van der Waals surface area contributed by atoms with Gasteiger partial charge < -0.3 is 15.2 Å². The van der Waals surface area contributed by atoms with Crippen molar-refractivity contribution in [1.82, 2.24) is 14.4 Å². The van der Waals surface area contributed by atoms with Crippen molar-refractivity contribution in [3.05, 3.63) is 46.6 Å². The van der Waals surface area contributed by atoms with Crippen molar-refractivity contribution in [2.45, 2.75) is 20.8 Å². The number of nitrogens with one attached hydrogen (secondary N) is 1. The van der Waals surface area contributed by atoms with Gasteiger partial charge in [-0.25, -0.2) is 14.4 Å². The van der Waals surface area contributed by atoms with Crippen molar-refractivity contribution in [1.29, 1.82) is 0 Å². The number of nitrogens with zero attached hydrogens (tertiary/aromatic N) is 3. The molecule has 0 bridgehead atoms. The van der Waals surface area contributed by atoms with Crippen LogP contribution in [0.4, 0.5) is 5.69 Å². The van der Waals surface area contributed by atoms with Crippen molar-refractivity contribution < 1.29 is 44.3 Å². The van der Waals surface area contributed by atoms with Crippen LogP contribution in [0.2, 0.25) is 0 Å². The molecule has 8 nitrogen and oxygen atoms in total. The molecule has 3 aromatic rings. The molecule has 0 aliphatic rings. The van der Waals surface area contributed by atoms with Gasteiger partial charge >= 0.3 is 29.6 Å². The second-order valence-electron chi connectivity index (χ2n) is 6.64. The number of fused-ring (bicyclic) bond motifs is 3. The molecule has 0 atom stereocenters. The molecule has 0 saturated carbocycles. The summed E-state index contributed by atoms with van der Waals surface area (Å²) in [5.74, 6) is -1.76. The van der Waals surface area contributed by atoms with Gasteiger partial charge in [0.25, 0.3) is 5.56 Å². The Morgan fingerprint density at radius 2 is 1.88 bits per heavy atom. The smallest absolute Gasteiger partial charge is 0.545 e. The predicted molar refractivity (Wildman–Crippen MR) is 89.2 cm³/mol. The summed E-state index contributed by atoms with van der Waals surface area (Å²) in [4.78, 5) is 43.5. The molecule has 9 heteroatoms. The zero-order valence-corrected chi connectivity index (χ0v) is 16.9. The summed E-state index contributed by atoms with van der Waals surface area (Å²) in [6, 6.07) is 5.03.